The number of carbonyl (C=O) groups is 1. The van der Waals surface area contributed by atoms with Crippen molar-refractivity contribution in [2.45, 2.75) is 76.3 Å². The monoisotopic (exact) mass is 295 g/mol. The lowest BCUT2D eigenvalue weighted by atomic mass is 9.80. The third kappa shape index (κ3) is 4.68. The minimum absolute atomic E-state index is 0.230. The Balaban J connectivity index is 1.80. The fourth-order valence-corrected chi connectivity index (χ4v) is 3.91. The van der Waals surface area contributed by atoms with E-state index in [1.165, 1.54) is 32.2 Å². The first-order valence-corrected chi connectivity index (χ1v) is 8.81. The van der Waals surface area contributed by atoms with Crippen LogP contribution >= 0.6 is 0 Å². The van der Waals surface area contributed by atoms with Gasteiger partial charge in [0.15, 0.2) is 0 Å². The molecule has 1 saturated carbocycles. The van der Waals surface area contributed by atoms with E-state index in [4.69, 9.17) is 5.73 Å². The van der Waals surface area contributed by atoms with Gasteiger partial charge >= 0.3 is 0 Å². The molecule has 4 heteroatoms. The average molecular weight is 295 g/mol. The molecule has 0 atom stereocenters. The van der Waals surface area contributed by atoms with Gasteiger partial charge in [0.25, 0.3) is 0 Å². The van der Waals surface area contributed by atoms with Crippen molar-refractivity contribution in [3.8, 4) is 0 Å². The van der Waals surface area contributed by atoms with E-state index in [9.17, 15) is 4.79 Å². The molecule has 1 amide bonds. The Labute approximate surface area is 130 Å². The largest absolute Gasteiger partial charge is 0.343 e. The van der Waals surface area contributed by atoms with E-state index in [1.807, 2.05) is 11.9 Å². The highest BCUT2D eigenvalue weighted by molar-refractivity contribution is 5.77. The highest BCUT2D eigenvalue weighted by Crippen LogP contribution is 2.29. The number of likely N-dealkylation sites (tertiary alicyclic amines) is 1. The number of nitrogens with zero attached hydrogens (tertiary/aromatic N) is 2. The van der Waals surface area contributed by atoms with Gasteiger partial charge < -0.3 is 15.5 Å². The quantitative estimate of drug-likeness (QED) is 0.847. The van der Waals surface area contributed by atoms with Gasteiger partial charge in [-0.15, -0.1) is 0 Å². The number of hydrogen-bond acceptors (Lipinski definition) is 3. The fraction of sp³-hybridized carbons (Fsp3) is 0.941. The van der Waals surface area contributed by atoms with Crippen LogP contribution in [-0.2, 0) is 4.79 Å². The van der Waals surface area contributed by atoms with Crippen molar-refractivity contribution in [2.24, 2.45) is 5.73 Å². The summed E-state index contributed by atoms with van der Waals surface area (Å²) in [6.45, 7) is 5.68. The third-order valence-electron chi connectivity index (χ3n) is 5.39. The molecule has 2 rings (SSSR count). The highest BCUT2D eigenvalue weighted by atomic mass is 16.2. The lowest BCUT2D eigenvalue weighted by molar-refractivity contribution is -0.134. The van der Waals surface area contributed by atoms with Crippen LogP contribution in [-0.4, -0.2) is 54.0 Å². The number of piperidine rings is 1. The Hall–Kier alpha value is -0.610. The van der Waals surface area contributed by atoms with E-state index in [1.54, 1.807) is 0 Å². The van der Waals surface area contributed by atoms with Gasteiger partial charge in [0.2, 0.25) is 5.91 Å². The molecule has 0 unspecified atom stereocenters. The molecule has 2 N–H and O–H groups in total. The van der Waals surface area contributed by atoms with E-state index in [0.29, 0.717) is 12.5 Å². The fourth-order valence-electron chi connectivity index (χ4n) is 3.91. The topological polar surface area (TPSA) is 49.6 Å². The van der Waals surface area contributed by atoms with Crippen LogP contribution < -0.4 is 5.73 Å². The van der Waals surface area contributed by atoms with Crippen molar-refractivity contribution < 1.29 is 4.79 Å². The molecule has 1 aliphatic carbocycles. The molecule has 1 heterocycles. The number of hydrogen-bond donors (Lipinski definition) is 1. The molecule has 2 aliphatic rings. The summed E-state index contributed by atoms with van der Waals surface area (Å²) in [7, 11) is 1.98. The molecule has 1 saturated heterocycles. The molecule has 2 fully saturated rings. The first kappa shape index (κ1) is 16.8. The van der Waals surface area contributed by atoms with Crippen LogP contribution in [0.3, 0.4) is 0 Å². The highest BCUT2D eigenvalue weighted by Gasteiger charge is 2.33. The maximum Gasteiger partial charge on any atom is 0.224 e. The van der Waals surface area contributed by atoms with Crippen LogP contribution in [0.1, 0.15) is 64.7 Å². The van der Waals surface area contributed by atoms with E-state index in [-0.39, 0.29) is 11.4 Å². The lowest BCUT2D eigenvalue weighted by Gasteiger charge is -2.39. The molecule has 0 radical (unpaired) electrons. The normalized spacial score (nSPS) is 24.0. The number of amides is 1. The standard InChI is InChI=1S/C17H33N3O/c1-3-11-20-12-7-15(8-13-20)19(2)16(21)14-17(18)9-5-4-6-10-17/h15H,3-14,18H2,1-2H3. The van der Waals surface area contributed by atoms with Crippen LogP contribution in [0.15, 0.2) is 0 Å². The number of carbonyl (C=O) groups excluding carboxylic acids is 1. The molecule has 0 aromatic heterocycles. The predicted octanol–water partition coefficient (Wildman–Crippen LogP) is 2.37. The summed E-state index contributed by atoms with van der Waals surface area (Å²) >= 11 is 0. The molecule has 0 bridgehead atoms. The first-order valence-electron chi connectivity index (χ1n) is 8.81. The second-order valence-corrected chi connectivity index (χ2v) is 7.18. The Kier molecular flexibility index (Phi) is 6.06. The van der Waals surface area contributed by atoms with Crippen molar-refractivity contribution in [3.63, 3.8) is 0 Å². The first-order chi connectivity index (χ1) is 10.0. The van der Waals surface area contributed by atoms with Gasteiger partial charge in [0, 0.05) is 38.1 Å². The summed E-state index contributed by atoms with van der Waals surface area (Å²) in [5.74, 6) is 0.258. The van der Waals surface area contributed by atoms with Gasteiger partial charge in [-0.05, 0) is 38.6 Å². The van der Waals surface area contributed by atoms with Gasteiger partial charge in [-0.1, -0.05) is 26.2 Å². The second-order valence-electron chi connectivity index (χ2n) is 7.18. The van der Waals surface area contributed by atoms with Crippen LogP contribution in [0.4, 0.5) is 0 Å². The van der Waals surface area contributed by atoms with Crippen molar-refractivity contribution >= 4 is 5.91 Å². The summed E-state index contributed by atoms with van der Waals surface area (Å²) in [5.41, 5.74) is 6.20. The summed E-state index contributed by atoms with van der Waals surface area (Å²) in [6.07, 6.45) is 9.65. The maximum atomic E-state index is 12.6. The van der Waals surface area contributed by atoms with E-state index in [2.05, 4.69) is 11.8 Å². The van der Waals surface area contributed by atoms with Crippen LogP contribution in [0, 0.1) is 0 Å². The lowest BCUT2D eigenvalue weighted by Crippen LogP contribution is -2.50. The SMILES string of the molecule is CCCN1CCC(N(C)C(=O)CC2(N)CCCCC2)CC1. The van der Waals surface area contributed by atoms with Crippen molar-refractivity contribution in [1.82, 2.24) is 9.80 Å². The van der Waals surface area contributed by atoms with Gasteiger partial charge in [0.1, 0.15) is 0 Å². The summed E-state index contributed by atoms with van der Waals surface area (Å²) in [4.78, 5) is 17.1. The molecular formula is C17H33N3O. The molecule has 4 nitrogen and oxygen atoms in total. The zero-order valence-corrected chi connectivity index (χ0v) is 13.9. The Morgan fingerprint density at radius 2 is 1.86 bits per heavy atom. The van der Waals surface area contributed by atoms with E-state index >= 15 is 0 Å². The molecule has 122 valence electrons. The minimum atomic E-state index is -0.230. The molecule has 21 heavy (non-hydrogen) atoms. The van der Waals surface area contributed by atoms with Crippen LogP contribution in [0.2, 0.25) is 0 Å². The zero-order valence-electron chi connectivity index (χ0n) is 13.9. The van der Waals surface area contributed by atoms with Crippen LogP contribution in [0.5, 0.6) is 0 Å². The van der Waals surface area contributed by atoms with Gasteiger partial charge in [-0.2, -0.15) is 0 Å². The smallest absolute Gasteiger partial charge is 0.224 e. The van der Waals surface area contributed by atoms with Crippen molar-refractivity contribution in [1.29, 1.82) is 0 Å². The molecule has 0 spiro atoms. The summed E-state index contributed by atoms with van der Waals surface area (Å²) in [6, 6.07) is 0.415. The minimum Gasteiger partial charge on any atom is -0.343 e. The molecule has 0 aromatic carbocycles. The van der Waals surface area contributed by atoms with E-state index in [0.717, 1.165) is 38.8 Å². The van der Waals surface area contributed by atoms with Crippen molar-refractivity contribution in [3.05, 3.63) is 0 Å². The Morgan fingerprint density at radius 3 is 2.43 bits per heavy atom. The molecule has 1 aliphatic heterocycles. The number of rotatable bonds is 5. The van der Waals surface area contributed by atoms with Crippen molar-refractivity contribution in [2.75, 3.05) is 26.7 Å². The van der Waals surface area contributed by atoms with Gasteiger partial charge in [-0.25, -0.2) is 0 Å². The van der Waals surface area contributed by atoms with Crippen LogP contribution in [0.25, 0.3) is 0 Å². The summed E-state index contributed by atoms with van der Waals surface area (Å²) < 4.78 is 0. The van der Waals surface area contributed by atoms with E-state index < -0.39 is 0 Å². The average Bonchev–Trinajstić information content (AvgIpc) is 2.48. The maximum absolute atomic E-state index is 12.6. The third-order valence-corrected chi connectivity index (χ3v) is 5.39. The second kappa shape index (κ2) is 7.59. The summed E-state index contributed by atoms with van der Waals surface area (Å²) in [5, 5.41) is 0. The van der Waals surface area contributed by atoms with Gasteiger partial charge in [0.05, 0.1) is 0 Å². The Morgan fingerprint density at radius 1 is 1.24 bits per heavy atom. The number of nitrogens with two attached hydrogens (primary N) is 1. The predicted molar refractivity (Wildman–Crippen MR) is 87.1 cm³/mol. The zero-order chi connectivity index (χ0) is 15.3. The Bertz CT molecular complexity index is 331. The molecular weight excluding hydrogens is 262 g/mol. The van der Waals surface area contributed by atoms with Gasteiger partial charge in [-0.3, -0.25) is 4.79 Å². The molecule has 0 aromatic rings.